The minimum atomic E-state index is 0.704. The summed E-state index contributed by atoms with van der Waals surface area (Å²) in [5, 5.41) is 2.84. The van der Waals surface area contributed by atoms with E-state index in [4.69, 9.17) is 14.5 Å². The van der Waals surface area contributed by atoms with E-state index in [1.165, 1.54) is 5.69 Å². The number of aromatic nitrogens is 2. The molecule has 2 aromatic rings. The average molecular weight is 376 g/mol. The zero-order valence-corrected chi connectivity index (χ0v) is 15.0. The van der Waals surface area contributed by atoms with Crippen molar-refractivity contribution in [2.24, 2.45) is 0 Å². The molecule has 0 aliphatic heterocycles. The van der Waals surface area contributed by atoms with E-state index in [9.17, 15) is 0 Å². The van der Waals surface area contributed by atoms with Crippen molar-refractivity contribution < 1.29 is 9.47 Å². The molecule has 0 aromatic carbocycles. The lowest BCUT2D eigenvalue weighted by molar-refractivity contribution is 0.141. The Labute approximate surface area is 138 Å². The molecular formula is C14H22BrN3O2S. The maximum Gasteiger partial charge on any atom is 0.195 e. The SMILES string of the molecule is CCOCCN(CCOCC)c1nc2sccn2c1CBr. The highest BCUT2D eigenvalue weighted by atomic mass is 79.9. The van der Waals surface area contributed by atoms with Crippen molar-refractivity contribution in [1.82, 2.24) is 9.38 Å². The van der Waals surface area contributed by atoms with Crippen molar-refractivity contribution in [2.75, 3.05) is 44.4 Å². The topological polar surface area (TPSA) is 39.0 Å². The Morgan fingerprint density at radius 1 is 1.24 bits per heavy atom. The Bertz CT molecular complexity index is 533. The molecule has 0 N–H and O–H groups in total. The van der Waals surface area contributed by atoms with Crippen LogP contribution in [-0.2, 0) is 14.8 Å². The molecule has 2 heterocycles. The molecule has 0 saturated heterocycles. The summed E-state index contributed by atoms with van der Waals surface area (Å²) in [6, 6.07) is 0. The molecule has 0 fully saturated rings. The summed E-state index contributed by atoms with van der Waals surface area (Å²) in [5.74, 6) is 1.03. The van der Waals surface area contributed by atoms with Gasteiger partial charge in [0.15, 0.2) is 10.8 Å². The highest BCUT2D eigenvalue weighted by molar-refractivity contribution is 9.08. The lowest BCUT2D eigenvalue weighted by Crippen LogP contribution is -2.32. The molecule has 0 atom stereocenters. The third kappa shape index (κ3) is 4.18. The van der Waals surface area contributed by atoms with Crippen molar-refractivity contribution in [3.8, 4) is 0 Å². The third-order valence-electron chi connectivity index (χ3n) is 3.19. The number of hydrogen-bond donors (Lipinski definition) is 0. The zero-order chi connectivity index (χ0) is 15.1. The van der Waals surface area contributed by atoms with Gasteiger partial charge in [0.05, 0.1) is 18.9 Å². The van der Waals surface area contributed by atoms with Crippen LogP contribution in [0.15, 0.2) is 11.6 Å². The first kappa shape index (κ1) is 16.7. The summed E-state index contributed by atoms with van der Waals surface area (Å²) in [4.78, 5) is 8.04. The molecule has 0 bridgehead atoms. The maximum atomic E-state index is 5.49. The lowest BCUT2D eigenvalue weighted by atomic mass is 10.4. The van der Waals surface area contributed by atoms with E-state index in [1.807, 2.05) is 13.8 Å². The molecule has 0 aliphatic carbocycles. The summed E-state index contributed by atoms with van der Waals surface area (Å²) in [6.45, 7) is 8.57. The van der Waals surface area contributed by atoms with Gasteiger partial charge in [0, 0.05) is 43.2 Å². The van der Waals surface area contributed by atoms with Crippen LogP contribution in [0, 0.1) is 0 Å². The fourth-order valence-corrected chi connectivity index (χ4v) is 3.41. The fraction of sp³-hybridized carbons (Fsp3) is 0.643. The van der Waals surface area contributed by atoms with Gasteiger partial charge in [-0.2, -0.15) is 0 Å². The van der Waals surface area contributed by atoms with Gasteiger partial charge in [-0.3, -0.25) is 4.40 Å². The molecular weight excluding hydrogens is 354 g/mol. The lowest BCUT2D eigenvalue weighted by Gasteiger charge is -2.23. The summed E-state index contributed by atoms with van der Waals surface area (Å²) >= 11 is 5.23. The maximum absolute atomic E-state index is 5.49. The van der Waals surface area contributed by atoms with Crippen molar-refractivity contribution in [3.63, 3.8) is 0 Å². The van der Waals surface area contributed by atoms with Gasteiger partial charge >= 0.3 is 0 Å². The minimum absolute atomic E-state index is 0.704. The summed E-state index contributed by atoms with van der Waals surface area (Å²) in [7, 11) is 0. The van der Waals surface area contributed by atoms with Gasteiger partial charge in [-0.15, -0.1) is 11.3 Å². The first-order valence-electron chi connectivity index (χ1n) is 7.22. The van der Waals surface area contributed by atoms with Gasteiger partial charge in [-0.1, -0.05) is 15.9 Å². The van der Waals surface area contributed by atoms with Crippen LogP contribution in [0.25, 0.3) is 4.96 Å². The summed E-state index contributed by atoms with van der Waals surface area (Å²) < 4.78 is 13.1. The molecule has 0 radical (unpaired) electrons. The number of thiazole rings is 1. The van der Waals surface area contributed by atoms with Crippen molar-refractivity contribution in [3.05, 3.63) is 17.3 Å². The number of fused-ring (bicyclic) bond motifs is 1. The number of halogens is 1. The molecule has 118 valence electrons. The van der Waals surface area contributed by atoms with Crippen molar-refractivity contribution in [1.29, 1.82) is 0 Å². The monoisotopic (exact) mass is 375 g/mol. The van der Waals surface area contributed by atoms with Crippen LogP contribution in [0.2, 0.25) is 0 Å². The Kier molecular flexibility index (Phi) is 6.95. The molecule has 2 rings (SSSR count). The predicted octanol–water partition coefficient (Wildman–Crippen LogP) is 3.17. The highest BCUT2D eigenvalue weighted by Gasteiger charge is 2.18. The first-order valence-corrected chi connectivity index (χ1v) is 9.22. The second kappa shape index (κ2) is 8.73. The van der Waals surface area contributed by atoms with Crippen LogP contribution in [0.1, 0.15) is 19.5 Å². The molecule has 2 aromatic heterocycles. The second-order valence-electron chi connectivity index (χ2n) is 4.45. The standard InChI is InChI=1S/C14H22BrN3O2S/c1-3-19-8-5-17(6-9-20-4-2)13-12(11-15)18-7-10-21-14(18)16-13/h7,10H,3-6,8-9,11H2,1-2H3. The minimum Gasteiger partial charge on any atom is -0.380 e. The van der Waals surface area contributed by atoms with Crippen molar-refractivity contribution in [2.45, 2.75) is 19.2 Å². The molecule has 0 spiro atoms. The van der Waals surface area contributed by atoms with Gasteiger partial charge in [0.25, 0.3) is 0 Å². The number of ether oxygens (including phenoxy) is 2. The van der Waals surface area contributed by atoms with Gasteiger partial charge in [-0.25, -0.2) is 4.98 Å². The molecule has 21 heavy (non-hydrogen) atoms. The van der Waals surface area contributed by atoms with Gasteiger partial charge in [0.1, 0.15) is 0 Å². The summed E-state index contributed by atoms with van der Waals surface area (Å²) in [5.41, 5.74) is 1.18. The first-order chi connectivity index (χ1) is 10.3. The number of anilines is 1. The number of rotatable bonds is 10. The largest absolute Gasteiger partial charge is 0.380 e. The molecule has 0 saturated carbocycles. The fourth-order valence-electron chi connectivity index (χ4n) is 2.16. The van der Waals surface area contributed by atoms with E-state index < -0.39 is 0 Å². The smallest absolute Gasteiger partial charge is 0.195 e. The van der Waals surface area contributed by atoms with Crippen LogP contribution in [0.4, 0.5) is 5.82 Å². The van der Waals surface area contributed by atoms with Crippen molar-refractivity contribution >= 4 is 38.0 Å². The zero-order valence-electron chi connectivity index (χ0n) is 12.5. The van der Waals surface area contributed by atoms with E-state index >= 15 is 0 Å². The van der Waals surface area contributed by atoms with Crippen LogP contribution < -0.4 is 4.90 Å². The average Bonchev–Trinajstić information content (AvgIpc) is 3.06. The molecule has 0 unspecified atom stereocenters. The van der Waals surface area contributed by atoms with Gasteiger partial charge < -0.3 is 14.4 Å². The van der Waals surface area contributed by atoms with Crippen LogP contribution in [0.3, 0.4) is 0 Å². The summed E-state index contributed by atoms with van der Waals surface area (Å²) in [6.07, 6.45) is 2.07. The Balaban J connectivity index is 2.17. The normalized spacial score (nSPS) is 11.4. The Morgan fingerprint density at radius 3 is 2.48 bits per heavy atom. The predicted molar refractivity (Wildman–Crippen MR) is 90.9 cm³/mol. The van der Waals surface area contributed by atoms with Crippen LogP contribution >= 0.6 is 27.3 Å². The second-order valence-corrected chi connectivity index (χ2v) is 5.89. The molecule has 7 heteroatoms. The highest BCUT2D eigenvalue weighted by Crippen LogP contribution is 2.26. The Hall–Kier alpha value is -0.630. The number of hydrogen-bond acceptors (Lipinski definition) is 5. The van der Waals surface area contributed by atoms with E-state index in [1.54, 1.807) is 11.3 Å². The molecule has 0 amide bonds. The van der Waals surface area contributed by atoms with Crippen LogP contribution in [-0.4, -0.2) is 48.9 Å². The number of nitrogens with zero attached hydrogens (tertiary/aromatic N) is 3. The number of imidazole rings is 1. The van der Waals surface area contributed by atoms with Gasteiger partial charge in [0.2, 0.25) is 0 Å². The van der Waals surface area contributed by atoms with Crippen LogP contribution in [0.5, 0.6) is 0 Å². The van der Waals surface area contributed by atoms with E-state index in [0.717, 1.165) is 42.4 Å². The third-order valence-corrected chi connectivity index (χ3v) is 4.47. The van der Waals surface area contributed by atoms with E-state index in [2.05, 4.69) is 36.8 Å². The van der Waals surface area contributed by atoms with E-state index in [-0.39, 0.29) is 0 Å². The Morgan fingerprint density at radius 2 is 1.90 bits per heavy atom. The van der Waals surface area contributed by atoms with E-state index in [0.29, 0.717) is 13.2 Å². The quantitative estimate of drug-likeness (QED) is 0.472. The van der Waals surface area contributed by atoms with Gasteiger partial charge in [-0.05, 0) is 13.8 Å². The molecule has 5 nitrogen and oxygen atoms in total. The molecule has 0 aliphatic rings. The number of alkyl halides is 1.